The molecule has 1 N–H and O–H groups in total. The van der Waals surface area contributed by atoms with Crippen LogP contribution in [0.25, 0.3) is 10.9 Å². The Kier molecular flexibility index (Phi) is 5.54. The number of aromatic nitrogens is 1. The van der Waals surface area contributed by atoms with Crippen LogP contribution in [-0.2, 0) is 4.74 Å². The number of morpholine rings is 1. The van der Waals surface area contributed by atoms with Crippen LogP contribution in [0.4, 0.5) is 0 Å². The van der Waals surface area contributed by atoms with Crippen molar-refractivity contribution in [2.24, 2.45) is 0 Å². The molecule has 1 aliphatic heterocycles. The maximum Gasteiger partial charge on any atom is 0.0968 e. The lowest BCUT2D eigenvalue weighted by molar-refractivity contribution is -0.0750. The maximum absolute atomic E-state index is 10.3. The Bertz CT molecular complexity index is 642. The fraction of sp³-hybridized carbons (Fsp3) is 0.500. The van der Waals surface area contributed by atoms with Crippen LogP contribution in [0.2, 0.25) is 0 Å². The van der Waals surface area contributed by atoms with Gasteiger partial charge in [0, 0.05) is 30.8 Å². The highest BCUT2D eigenvalue weighted by molar-refractivity contribution is 7.99. The van der Waals surface area contributed by atoms with Crippen LogP contribution >= 0.6 is 11.8 Å². The van der Waals surface area contributed by atoms with Gasteiger partial charge in [0.1, 0.15) is 0 Å². The zero-order valence-electron chi connectivity index (χ0n) is 13.7. The van der Waals surface area contributed by atoms with Crippen molar-refractivity contribution in [1.82, 2.24) is 9.88 Å². The van der Waals surface area contributed by atoms with Crippen LogP contribution in [0.15, 0.2) is 41.4 Å². The highest BCUT2D eigenvalue weighted by Crippen LogP contribution is 2.21. The molecule has 0 spiro atoms. The molecule has 3 atom stereocenters. The zero-order chi connectivity index (χ0) is 16.2. The molecule has 1 aromatic heterocycles. The van der Waals surface area contributed by atoms with Crippen molar-refractivity contribution in [2.45, 2.75) is 37.2 Å². The number of aliphatic hydroxyl groups excluding tert-OH is 1. The number of benzene rings is 1. The second-order valence-corrected chi connectivity index (χ2v) is 7.32. The third-order valence-electron chi connectivity index (χ3n) is 3.96. The van der Waals surface area contributed by atoms with E-state index in [1.807, 2.05) is 24.3 Å². The Morgan fingerprint density at radius 1 is 1.22 bits per heavy atom. The average Bonchev–Trinajstić information content (AvgIpc) is 2.52. The molecule has 0 aliphatic carbocycles. The monoisotopic (exact) mass is 332 g/mol. The molecular weight excluding hydrogens is 308 g/mol. The van der Waals surface area contributed by atoms with Gasteiger partial charge in [-0.2, -0.15) is 0 Å². The Hall–Kier alpha value is -1.14. The smallest absolute Gasteiger partial charge is 0.0968 e. The predicted octanol–water partition coefficient (Wildman–Crippen LogP) is 2.80. The summed E-state index contributed by atoms with van der Waals surface area (Å²) in [7, 11) is 0. The number of hydrogen-bond acceptors (Lipinski definition) is 5. The van der Waals surface area contributed by atoms with E-state index in [4.69, 9.17) is 4.74 Å². The Morgan fingerprint density at radius 3 is 2.74 bits per heavy atom. The highest BCUT2D eigenvalue weighted by Gasteiger charge is 2.23. The first-order chi connectivity index (χ1) is 11.1. The summed E-state index contributed by atoms with van der Waals surface area (Å²) in [5.74, 6) is 0.658. The Labute approximate surface area is 141 Å². The van der Waals surface area contributed by atoms with Crippen LogP contribution in [0, 0.1) is 0 Å². The summed E-state index contributed by atoms with van der Waals surface area (Å²) in [5, 5.41) is 12.4. The van der Waals surface area contributed by atoms with E-state index in [-0.39, 0.29) is 18.3 Å². The van der Waals surface area contributed by atoms with Crippen molar-refractivity contribution in [3.63, 3.8) is 0 Å². The van der Waals surface area contributed by atoms with Crippen LogP contribution in [0.5, 0.6) is 0 Å². The molecule has 0 saturated carbocycles. The molecule has 0 amide bonds. The minimum absolute atomic E-state index is 0.237. The van der Waals surface area contributed by atoms with Crippen molar-refractivity contribution in [3.05, 3.63) is 36.4 Å². The molecule has 0 bridgehead atoms. The molecule has 3 rings (SSSR count). The number of aliphatic hydroxyl groups is 1. The van der Waals surface area contributed by atoms with Crippen molar-refractivity contribution in [1.29, 1.82) is 0 Å². The first-order valence-electron chi connectivity index (χ1n) is 8.14. The Balaban J connectivity index is 1.52. The van der Waals surface area contributed by atoms with Gasteiger partial charge >= 0.3 is 0 Å². The van der Waals surface area contributed by atoms with Crippen LogP contribution in [-0.4, -0.2) is 58.7 Å². The van der Waals surface area contributed by atoms with Crippen molar-refractivity contribution in [2.75, 3.05) is 25.4 Å². The maximum atomic E-state index is 10.3. The van der Waals surface area contributed by atoms with Gasteiger partial charge in [0.25, 0.3) is 0 Å². The minimum atomic E-state index is -0.356. The van der Waals surface area contributed by atoms with Crippen LogP contribution < -0.4 is 0 Å². The molecule has 2 heterocycles. The van der Waals surface area contributed by atoms with E-state index in [0.29, 0.717) is 12.3 Å². The number of nitrogens with zero attached hydrogens (tertiary/aromatic N) is 2. The van der Waals surface area contributed by atoms with Gasteiger partial charge in [0.05, 0.1) is 28.9 Å². The molecular formula is C18H24N2O2S. The molecule has 1 fully saturated rings. The van der Waals surface area contributed by atoms with Crippen molar-refractivity contribution >= 4 is 22.7 Å². The molecule has 23 heavy (non-hydrogen) atoms. The largest absolute Gasteiger partial charge is 0.391 e. The predicted molar refractivity (Wildman–Crippen MR) is 94.9 cm³/mol. The number of fused-ring (bicyclic) bond motifs is 1. The molecule has 2 aromatic rings. The summed E-state index contributed by atoms with van der Waals surface area (Å²) in [6.07, 6.45) is 0.118. The number of rotatable bonds is 5. The SMILES string of the molecule is CC1CN(CC(O)CSc2ccc3ccccc3n2)CC(C)O1. The van der Waals surface area contributed by atoms with Crippen molar-refractivity contribution in [3.8, 4) is 0 Å². The van der Waals surface area contributed by atoms with Gasteiger partial charge in [-0.1, -0.05) is 24.3 Å². The van der Waals surface area contributed by atoms with E-state index in [1.54, 1.807) is 11.8 Å². The molecule has 0 radical (unpaired) electrons. The second-order valence-electron chi connectivity index (χ2n) is 6.28. The molecule has 1 saturated heterocycles. The number of β-amino-alcohol motifs (C(OH)–C–C–N with tert-alkyl or cyclic N) is 1. The zero-order valence-corrected chi connectivity index (χ0v) is 14.5. The summed E-state index contributed by atoms with van der Waals surface area (Å²) in [6.45, 7) is 6.64. The summed E-state index contributed by atoms with van der Waals surface area (Å²) in [5.41, 5.74) is 1.00. The van der Waals surface area contributed by atoms with E-state index in [0.717, 1.165) is 29.0 Å². The lowest BCUT2D eigenvalue weighted by atomic mass is 10.2. The van der Waals surface area contributed by atoms with Gasteiger partial charge in [0.15, 0.2) is 0 Å². The molecule has 3 unspecified atom stereocenters. The van der Waals surface area contributed by atoms with Gasteiger partial charge in [-0.3, -0.25) is 4.90 Å². The second kappa shape index (κ2) is 7.62. The topological polar surface area (TPSA) is 45.6 Å². The van der Waals surface area contributed by atoms with Gasteiger partial charge in [-0.05, 0) is 26.0 Å². The van der Waals surface area contributed by atoms with E-state index in [1.165, 1.54) is 0 Å². The highest BCUT2D eigenvalue weighted by atomic mass is 32.2. The normalized spacial score (nSPS) is 24.0. The van der Waals surface area contributed by atoms with E-state index >= 15 is 0 Å². The first kappa shape index (κ1) is 16.7. The Morgan fingerprint density at radius 2 is 1.96 bits per heavy atom. The van der Waals surface area contributed by atoms with Crippen molar-refractivity contribution < 1.29 is 9.84 Å². The number of thioether (sulfide) groups is 1. The lowest BCUT2D eigenvalue weighted by Crippen LogP contribution is -2.48. The molecule has 1 aromatic carbocycles. The molecule has 5 heteroatoms. The van der Waals surface area contributed by atoms with Gasteiger partial charge in [-0.15, -0.1) is 11.8 Å². The first-order valence-corrected chi connectivity index (χ1v) is 9.13. The third-order valence-corrected chi connectivity index (χ3v) is 5.04. The summed E-state index contributed by atoms with van der Waals surface area (Å²) in [4.78, 5) is 6.93. The molecule has 4 nitrogen and oxygen atoms in total. The number of ether oxygens (including phenoxy) is 1. The standard InChI is InChI=1S/C18H24N2O2S/c1-13-9-20(10-14(2)22-13)11-16(21)12-23-18-8-7-15-5-3-4-6-17(15)19-18/h3-8,13-14,16,21H,9-12H2,1-2H3. The van der Waals surface area contributed by atoms with Gasteiger partial charge in [-0.25, -0.2) is 4.98 Å². The number of hydrogen-bond donors (Lipinski definition) is 1. The fourth-order valence-electron chi connectivity index (χ4n) is 3.09. The number of pyridine rings is 1. The molecule has 1 aliphatic rings. The van der Waals surface area contributed by atoms with E-state index < -0.39 is 0 Å². The van der Waals surface area contributed by atoms with Crippen LogP contribution in [0.3, 0.4) is 0 Å². The lowest BCUT2D eigenvalue weighted by Gasteiger charge is -2.36. The fourth-order valence-corrected chi connectivity index (χ4v) is 3.89. The van der Waals surface area contributed by atoms with E-state index in [2.05, 4.69) is 35.9 Å². The van der Waals surface area contributed by atoms with Gasteiger partial charge in [0.2, 0.25) is 0 Å². The summed E-state index contributed by atoms with van der Waals surface area (Å²) in [6, 6.07) is 12.2. The average molecular weight is 332 g/mol. The number of para-hydroxylation sites is 1. The minimum Gasteiger partial charge on any atom is -0.391 e. The summed E-state index contributed by atoms with van der Waals surface area (Å²) < 4.78 is 5.73. The molecule has 124 valence electrons. The van der Waals surface area contributed by atoms with E-state index in [9.17, 15) is 5.11 Å². The van der Waals surface area contributed by atoms with Crippen LogP contribution in [0.1, 0.15) is 13.8 Å². The quantitative estimate of drug-likeness (QED) is 0.853. The summed E-state index contributed by atoms with van der Waals surface area (Å²) >= 11 is 1.61. The third kappa shape index (κ3) is 4.67. The van der Waals surface area contributed by atoms with Gasteiger partial charge < -0.3 is 9.84 Å².